The van der Waals surface area contributed by atoms with Crippen molar-refractivity contribution in [2.45, 2.75) is 64.0 Å². The second-order valence-electron chi connectivity index (χ2n) is 5.85. The molecule has 0 unspecified atom stereocenters. The molecule has 18 heavy (non-hydrogen) atoms. The average Bonchev–Trinajstić information content (AvgIpc) is 3.11. The van der Waals surface area contributed by atoms with Crippen LogP contribution >= 0.6 is 0 Å². The lowest BCUT2D eigenvalue weighted by atomic mass is 9.92. The maximum Gasteiger partial charge on any atom is 0.212 e. The van der Waals surface area contributed by atoms with Gasteiger partial charge < -0.3 is 5.32 Å². The Labute approximate surface area is 111 Å². The number of hydrogen-bond acceptors (Lipinski definition) is 3. The highest BCUT2D eigenvalue weighted by molar-refractivity contribution is 7.89. The summed E-state index contributed by atoms with van der Waals surface area (Å²) in [6.45, 7) is 3.24. The molecule has 0 amide bonds. The van der Waals surface area contributed by atoms with Gasteiger partial charge in [-0.05, 0) is 57.4 Å². The fourth-order valence-electron chi connectivity index (χ4n) is 2.66. The van der Waals surface area contributed by atoms with Gasteiger partial charge >= 0.3 is 0 Å². The standard InChI is InChI=1S/C13H26N2O2S/c1-2-9-14-12-5-7-13(8-6-12)15-18(16,17)10-11-3-4-11/h11-15H,2-10H2,1H3. The van der Waals surface area contributed by atoms with Crippen LogP contribution in [0.1, 0.15) is 51.9 Å². The van der Waals surface area contributed by atoms with E-state index in [9.17, 15) is 8.42 Å². The fraction of sp³-hybridized carbons (Fsp3) is 1.00. The zero-order valence-corrected chi connectivity index (χ0v) is 12.1. The predicted molar refractivity (Wildman–Crippen MR) is 74.0 cm³/mol. The Morgan fingerprint density at radius 1 is 1.00 bits per heavy atom. The lowest BCUT2D eigenvalue weighted by molar-refractivity contribution is 0.330. The van der Waals surface area contributed by atoms with Crippen molar-refractivity contribution in [1.82, 2.24) is 10.0 Å². The van der Waals surface area contributed by atoms with E-state index in [1.54, 1.807) is 0 Å². The van der Waals surface area contributed by atoms with Gasteiger partial charge in [-0.25, -0.2) is 13.1 Å². The first-order valence-corrected chi connectivity index (χ1v) is 8.97. The topological polar surface area (TPSA) is 58.2 Å². The van der Waals surface area contributed by atoms with E-state index in [1.807, 2.05) is 0 Å². The van der Waals surface area contributed by atoms with Gasteiger partial charge in [-0.3, -0.25) is 0 Å². The van der Waals surface area contributed by atoms with Crippen LogP contribution in [-0.2, 0) is 10.0 Å². The lowest BCUT2D eigenvalue weighted by Crippen LogP contribution is -2.43. The maximum absolute atomic E-state index is 11.9. The van der Waals surface area contributed by atoms with E-state index in [1.165, 1.54) is 0 Å². The third-order valence-electron chi connectivity index (χ3n) is 3.91. The van der Waals surface area contributed by atoms with Crippen molar-refractivity contribution < 1.29 is 8.42 Å². The third-order valence-corrected chi connectivity index (χ3v) is 5.51. The number of nitrogens with one attached hydrogen (secondary N) is 2. The molecule has 0 atom stereocenters. The van der Waals surface area contributed by atoms with Crippen molar-refractivity contribution in [3.05, 3.63) is 0 Å². The molecule has 2 aliphatic rings. The zero-order chi connectivity index (χ0) is 13.0. The van der Waals surface area contributed by atoms with E-state index >= 15 is 0 Å². The molecule has 5 heteroatoms. The van der Waals surface area contributed by atoms with Crippen LogP contribution < -0.4 is 10.0 Å². The van der Waals surface area contributed by atoms with Crippen molar-refractivity contribution in [3.8, 4) is 0 Å². The van der Waals surface area contributed by atoms with Crippen LogP contribution in [0.15, 0.2) is 0 Å². The van der Waals surface area contributed by atoms with E-state index in [0.29, 0.717) is 17.7 Å². The molecule has 0 aliphatic heterocycles. The molecule has 0 spiro atoms. The quantitative estimate of drug-likeness (QED) is 0.742. The Morgan fingerprint density at radius 3 is 2.17 bits per heavy atom. The van der Waals surface area contributed by atoms with Gasteiger partial charge in [0.1, 0.15) is 0 Å². The van der Waals surface area contributed by atoms with E-state index in [0.717, 1.165) is 51.5 Å². The molecule has 0 heterocycles. The first kappa shape index (κ1) is 14.3. The molecule has 2 N–H and O–H groups in total. The minimum absolute atomic E-state index is 0.174. The Morgan fingerprint density at radius 2 is 1.61 bits per heavy atom. The summed E-state index contributed by atoms with van der Waals surface area (Å²) in [6, 6.07) is 0.766. The first-order valence-electron chi connectivity index (χ1n) is 7.32. The van der Waals surface area contributed by atoms with Gasteiger partial charge in [-0.2, -0.15) is 0 Å². The SMILES string of the molecule is CCCNC1CCC(NS(=O)(=O)CC2CC2)CC1. The lowest BCUT2D eigenvalue weighted by Gasteiger charge is -2.29. The number of sulfonamides is 1. The van der Waals surface area contributed by atoms with Crippen LogP contribution in [0.3, 0.4) is 0 Å². The van der Waals surface area contributed by atoms with Crippen LogP contribution in [0, 0.1) is 5.92 Å². The summed E-state index contributed by atoms with van der Waals surface area (Å²) >= 11 is 0. The van der Waals surface area contributed by atoms with Crippen molar-refractivity contribution in [2.24, 2.45) is 5.92 Å². The molecule has 0 aromatic heterocycles. The van der Waals surface area contributed by atoms with Crippen molar-refractivity contribution in [1.29, 1.82) is 0 Å². The Kier molecular flexibility index (Phi) is 5.04. The minimum Gasteiger partial charge on any atom is -0.314 e. The molecular weight excluding hydrogens is 248 g/mol. The summed E-state index contributed by atoms with van der Waals surface area (Å²) in [7, 11) is -3.02. The molecule has 0 aromatic carbocycles. The second-order valence-corrected chi connectivity index (χ2v) is 7.64. The molecule has 0 radical (unpaired) electrons. The fourth-order valence-corrected chi connectivity index (χ4v) is 4.45. The average molecular weight is 274 g/mol. The van der Waals surface area contributed by atoms with Gasteiger partial charge in [0, 0.05) is 12.1 Å². The highest BCUT2D eigenvalue weighted by Crippen LogP contribution is 2.30. The van der Waals surface area contributed by atoms with E-state index in [2.05, 4.69) is 17.0 Å². The van der Waals surface area contributed by atoms with Crippen LogP contribution in [0.2, 0.25) is 0 Å². The predicted octanol–water partition coefficient (Wildman–Crippen LogP) is 1.63. The molecule has 0 aromatic rings. The van der Waals surface area contributed by atoms with Crippen LogP contribution in [0.25, 0.3) is 0 Å². The van der Waals surface area contributed by atoms with Gasteiger partial charge in [0.25, 0.3) is 0 Å². The van der Waals surface area contributed by atoms with Crippen molar-refractivity contribution >= 4 is 10.0 Å². The molecule has 0 saturated heterocycles. The summed E-state index contributed by atoms with van der Waals surface area (Å²) in [5, 5.41) is 3.52. The highest BCUT2D eigenvalue weighted by Gasteiger charge is 2.30. The van der Waals surface area contributed by atoms with E-state index < -0.39 is 10.0 Å². The van der Waals surface area contributed by atoms with Crippen LogP contribution in [0.5, 0.6) is 0 Å². The number of hydrogen-bond donors (Lipinski definition) is 2. The zero-order valence-electron chi connectivity index (χ0n) is 11.3. The van der Waals surface area contributed by atoms with E-state index in [-0.39, 0.29) is 6.04 Å². The molecule has 2 rings (SSSR count). The maximum atomic E-state index is 11.9. The Bertz CT molecular complexity index is 344. The molecule has 2 aliphatic carbocycles. The molecule has 106 valence electrons. The monoisotopic (exact) mass is 274 g/mol. The summed E-state index contributed by atoms with van der Waals surface area (Å²) in [6.07, 6.45) is 7.49. The molecule has 0 bridgehead atoms. The van der Waals surface area contributed by atoms with Gasteiger partial charge in [0.2, 0.25) is 10.0 Å². The second kappa shape index (κ2) is 6.35. The molecule has 2 fully saturated rings. The van der Waals surface area contributed by atoms with Crippen LogP contribution in [0.4, 0.5) is 0 Å². The summed E-state index contributed by atoms with van der Waals surface area (Å²) in [5.74, 6) is 0.783. The smallest absolute Gasteiger partial charge is 0.212 e. The largest absolute Gasteiger partial charge is 0.314 e. The normalized spacial score (nSPS) is 29.4. The summed E-state index contributed by atoms with van der Waals surface area (Å²) in [5.41, 5.74) is 0. The van der Waals surface area contributed by atoms with Crippen molar-refractivity contribution in [3.63, 3.8) is 0 Å². The Balaban J connectivity index is 1.69. The van der Waals surface area contributed by atoms with Gasteiger partial charge in [0.15, 0.2) is 0 Å². The van der Waals surface area contributed by atoms with E-state index in [4.69, 9.17) is 0 Å². The summed E-state index contributed by atoms with van der Waals surface area (Å²) < 4.78 is 26.6. The first-order chi connectivity index (χ1) is 8.59. The third kappa shape index (κ3) is 4.86. The Hall–Kier alpha value is -0.130. The molecule has 2 saturated carbocycles. The van der Waals surface area contributed by atoms with Crippen molar-refractivity contribution in [2.75, 3.05) is 12.3 Å². The minimum atomic E-state index is -3.02. The highest BCUT2D eigenvalue weighted by atomic mass is 32.2. The van der Waals surface area contributed by atoms with Gasteiger partial charge in [-0.15, -0.1) is 0 Å². The number of rotatable bonds is 7. The summed E-state index contributed by atoms with van der Waals surface area (Å²) in [4.78, 5) is 0. The molecular formula is C13H26N2O2S. The van der Waals surface area contributed by atoms with Crippen LogP contribution in [-0.4, -0.2) is 32.8 Å². The van der Waals surface area contributed by atoms with Gasteiger partial charge in [-0.1, -0.05) is 6.92 Å². The van der Waals surface area contributed by atoms with Gasteiger partial charge in [0.05, 0.1) is 5.75 Å². The molecule has 4 nitrogen and oxygen atoms in total.